The number of esters is 1. The highest BCUT2D eigenvalue weighted by Gasteiger charge is 2.39. The van der Waals surface area contributed by atoms with E-state index in [4.69, 9.17) is 19.6 Å². The minimum atomic E-state index is -1.19. The van der Waals surface area contributed by atoms with E-state index in [1.54, 1.807) is 6.92 Å². The molecule has 2 heterocycles. The number of carbonyl (C=O) groups excluding carboxylic acids is 1. The molecule has 7 nitrogen and oxygen atoms in total. The third-order valence-corrected chi connectivity index (χ3v) is 3.94. The van der Waals surface area contributed by atoms with Crippen LogP contribution in [0.2, 0.25) is 0 Å². The Morgan fingerprint density at radius 2 is 2.04 bits per heavy atom. The van der Waals surface area contributed by atoms with Crippen LogP contribution in [0.1, 0.15) is 29.9 Å². The second-order valence-corrected chi connectivity index (χ2v) is 5.64. The first kappa shape index (κ1) is 18.6. The minimum Gasteiger partial charge on any atom is -0.462 e. The molecule has 27 heavy (non-hydrogen) atoms. The van der Waals surface area contributed by atoms with Gasteiger partial charge in [0.25, 0.3) is 0 Å². The van der Waals surface area contributed by atoms with Gasteiger partial charge in [-0.05, 0) is 24.6 Å². The van der Waals surface area contributed by atoms with Gasteiger partial charge in [-0.1, -0.05) is 6.07 Å². The maximum atomic E-state index is 13.8. The molecule has 1 aromatic heterocycles. The first-order valence-corrected chi connectivity index (χ1v) is 7.94. The molecule has 0 fully saturated rings. The molecular formula is C18H15F2NO6. The van der Waals surface area contributed by atoms with Crippen LogP contribution < -0.4 is 15.9 Å². The molecule has 142 valence electrons. The van der Waals surface area contributed by atoms with Gasteiger partial charge in [0.2, 0.25) is 17.1 Å². The van der Waals surface area contributed by atoms with E-state index < -0.39 is 41.4 Å². The first-order chi connectivity index (χ1) is 12.9. The van der Waals surface area contributed by atoms with Gasteiger partial charge in [0, 0.05) is 6.07 Å². The number of hydrogen-bond acceptors (Lipinski definition) is 7. The predicted molar refractivity (Wildman–Crippen MR) is 87.6 cm³/mol. The minimum absolute atomic E-state index is 0.0214. The SMILES string of the molecule is CCOC(=O)C1=C(N)Oc2c(oc(CO)cc2=O)[C@H]1c1ccc(F)c(F)c1. The van der Waals surface area contributed by atoms with Gasteiger partial charge in [-0.2, -0.15) is 0 Å². The number of aliphatic hydroxyl groups is 1. The molecule has 0 spiro atoms. The quantitative estimate of drug-likeness (QED) is 0.777. The van der Waals surface area contributed by atoms with Gasteiger partial charge in [-0.3, -0.25) is 4.79 Å². The highest BCUT2D eigenvalue weighted by molar-refractivity contribution is 5.92. The number of halogens is 2. The summed E-state index contributed by atoms with van der Waals surface area (Å²) in [6.07, 6.45) is 0. The van der Waals surface area contributed by atoms with Gasteiger partial charge in [0.15, 0.2) is 17.4 Å². The van der Waals surface area contributed by atoms with Gasteiger partial charge in [0.1, 0.15) is 17.9 Å². The number of rotatable bonds is 4. The van der Waals surface area contributed by atoms with Crippen molar-refractivity contribution in [2.45, 2.75) is 19.4 Å². The maximum Gasteiger partial charge on any atom is 0.340 e. The first-order valence-electron chi connectivity index (χ1n) is 7.94. The Labute approximate surface area is 151 Å². The summed E-state index contributed by atoms with van der Waals surface area (Å²) in [4.78, 5) is 24.7. The van der Waals surface area contributed by atoms with Crippen LogP contribution in [0.15, 0.2) is 44.9 Å². The summed E-state index contributed by atoms with van der Waals surface area (Å²) in [6, 6.07) is 3.94. The van der Waals surface area contributed by atoms with Crippen molar-refractivity contribution in [2.24, 2.45) is 5.73 Å². The highest BCUT2D eigenvalue weighted by Crippen LogP contribution is 2.41. The number of carbonyl (C=O) groups is 1. The lowest BCUT2D eigenvalue weighted by Crippen LogP contribution is -2.30. The van der Waals surface area contributed by atoms with Crippen LogP contribution in [0.25, 0.3) is 0 Å². The van der Waals surface area contributed by atoms with Crippen LogP contribution in [0.5, 0.6) is 5.75 Å². The fourth-order valence-electron chi connectivity index (χ4n) is 2.79. The van der Waals surface area contributed by atoms with Crippen molar-refractivity contribution in [1.29, 1.82) is 0 Å². The van der Waals surface area contributed by atoms with Crippen molar-refractivity contribution >= 4 is 5.97 Å². The van der Waals surface area contributed by atoms with E-state index in [0.717, 1.165) is 18.2 Å². The van der Waals surface area contributed by atoms with Crippen LogP contribution in [0.3, 0.4) is 0 Å². The molecule has 0 saturated heterocycles. The number of nitrogens with two attached hydrogens (primary N) is 1. The normalized spacial score (nSPS) is 15.9. The second kappa shape index (κ2) is 7.20. The zero-order valence-electron chi connectivity index (χ0n) is 14.1. The third kappa shape index (κ3) is 3.28. The predicted octanol–water partition coefficient (Wildman–Crippen LogP) is 1.67. The van der Waals surface area contributed by atoms with Crippen LogP contribution in [-0.2, 0) is 16.1 Å². The van der Waals surface area contributed by atoms with E-state index in [9.17, 15) is 23.5 Å². The molecule has 1 atom stereocenters. The van der Waals surface area contributed by atoms with Gasteiger partial charge in [0.05, 0.1) is 12.5 Å². The number of benzene rings is 1. The van der Waals surface area contributed by atoms with E-state index >= 15 is 0 Å². The zero-order valence-corrected chi connectivity index (χ0v) is 14.1. The second-order valence-electron chi connectivity index (χ2n) is 5.64. The van der Waals surface area contributed by atoms with E-state index in [2.05, 4.69) is 0 Å². The van der Waals surface area contributed by atoms with Crippen molar-refractivity contribution in [1.82, 2.24) is 0 Å². The largest absolute Gasteiger partial charge is 0.462 e. The molecule has 0 aliphatic carbocycles. The monoisotopic (exact) mass is 379 g/mol. The summed E-state index contributed by atoms with van der Waals surface area (Å²) < 4.78 is 42.9. The molecule has 9 heteroatoms. The van der Waals surface area contributed by atoms with Crippen molar-refractivity contribution in [3.63, 3.8) is 0 Å². The summed E-state index contributed by atoms with van der Waals surface area (Å²) in [6.45, 7) is 0.997. The molecule has 0 radical (unpaired) electrons. The number of fused-ring (bicyclic) bond motifs is 1. The van der Waals surface area contributed by atoms with Crippen molar-refractivity contribution in [3.8, 4) is 5.75 Å². The summed E-state index contributed by atoms with van der Waals surface area (Å²) in [5, 5.41) is 9.30. The molecule has 3 N–H and O–H groups in total. The molecule has 0 bridgehead atoms. The maximum absolute atomic E-state index is 13.8. The molecule has 1 aliphatic heterocycles. The van der Waals surface area contributed by atoms with Gasteiger partial charge < -0.3 is 24.7 Å². The van der Waals surface area contributed by atoms with Gasteiger partial charge >= 0.3 is 5.97 Å². The molecule has 0 amide bonds. The molecule has 2 aromatic rings. The standard InChI is InChI=1S/C18H15F2NO6/c1-2-25-18(24)14-13(8-3-4-10(19)11(20)5-8)16-15(27-17(14)21)12(23)6-9(7-22)26-16/h3-6,13,22H,2,7,21H2,1H3/t13-/m0/s1. The van der Waals surface area contributed by atoms with Gasteiger partial charge in [-0.15, -0.1) is 0 Å². The Kier molecular flexibility index (Phi) is 4.95. The lowest BCUT2D eigenvalue weighted by molar-refractivity contribution is -0.139. The molecule has 3 rings (SSSR count). The molecule has 1 aliphatic rings. The average Bonchev–Trinajstić information content (AvgIpc) is 2.63. The summed E-state index contributed by atoms with van der Waals surface area (Å²) in [5.74, 6) is -5.32. The third-order valence-electron chi connectivity index (χ3n) is 3.94. The average molecular weight is 379 g/mol. The van der Waals surface area contributed by atoms with Crippen molar-refractivity contribution in [2.75, 3.05) is 6.61 Å². The lowest BCUT2D eigenvalue weighted by Gasteiger charge is -2.26. The van der Waals surface area contributed by atoms with E-state index in [-0.39, 0.29) is 35.0 Å². The smallest absolute Gasteiger partial charge is 0.340 e. The number of aliphatic hydroxyl groups excluding tert-OH is 1. The molecule has 0 saturated carbocycles. The summed E-state index contributed by atoms with van der Waals surface area (Å²) in [7, 11) is 0. The number of ether oxygens (including phenoxy) is 2. The zero-order chi connectivity index (χ0) is 19.7. The molecular weight excluding hydrogens is 364 g/mol. The van der Waals surface area contributed by atoms with E-state index in [0.29, 0.717) is 0 Å². The van der Waals surface area contributed by atoms with E-state index in [1.807, 2.05) is 0 Å². The van der Waals surface area contributed by atoms with Gasteiger partial charge in [-0.25, -0.2) is 13.6 Å². The number of hydrogen-bond donors (Lipinski definition) is 2. The molecule has 1 aromatic carbocycles. The Bertz CT molecular complexity index is 998. The van der Waals surface area contributed by atoms with Crippen LogP contribution in [-0.4, -0.2) is 17.7 Å². The lowest BCUT2D eigenvalue weighted by atomic mass is 9.86. The summed E-state index contributed by atoms with van der Waals surface area (Å²) in [5.41, 5.74) is 5.02. The van der Waals surface area contributed by atoms with Crippen molar-refractivity contribution in [3.05, 3.63) is 74.7 Å². The molecule has 0 unspecified atom stereocenters. The Morgan fingerprint density at radius 1 is 1.30 bits per heavy atom. The fraction of sp³-hybridized carbons (Fsp3) is 0.222. The fourth-order valence-corrected chi connectivity index (χ4v) is 2.79. The topological polar surface area (TPSA) is 112 Å². The Morgan fingerprint density at radius 3 is 2.67 bits per heavy atom. The summed E-state index contributed by atoms with van der Waals surface area (Å²) >= 11 is 0. The van der Waals surface area contributed by atoms with Crippen LogP contribution in [0, 0.1) is 11.6 Å². The van der Waals surface area contributed by atoms with Crippen molar-refractivity contribution < 1.29 is 32.6 Å². The van der Waals surface area contributed by atoms with Crippen LogP contribution >= 0.6 is 0 Å². The Hall–Kier alpha value is -3.20. The highest BCUT2D eigenvalue weighted by atomic mass is 19.2. The van der Waals surface area contributed by atoms with Crippen LogP contribution in [0.4, 0.5) is 8.78 Å². The Balaban J connectivity index is 2.29. The van der Waals surface area contributed by atoms with E-state index in [1.165, 1.54) is 6.07 Å².